The van der Waals surface area contributed by atoms with Gasteiger partial charge in [0, 0.05) is 36.2 Å². The van der Waals surface area contributed by atoms with Crippen molar-refractivity contribution in [1.82, 2.24) is 14.0 Å². The van der Waals surface area contributed by atoms with Gasteiger partial charge in [-0.3, -0.25) is 9.13 Å². The molecule has 0 bridgehead atoms. The number of aromatic nitrogens is 2. The van der Waals surface area contributed by atoms with Gasteiger partial charge in [-0.05, 0) is 61.7 Å². The summed E-state index contributed by atoms with van der Waals surface area (Å²) >= 11 is 12.1. The lowest BCUT2D eigenvalue weighted by molar-refractivity contribution is -0.0261. The average Bonchev–Trinajstić information content (AvgIpc) is 3.01. The number of hydrogen-bond acceptors (Lipinski definition) is 3. The Bertz CT molecular complexity index is 1130. The number of benzene rings is 2. The normalized spacial score (nSPS) is 16.6. The van der Waals surface area contributed by atoms with E-state index in [0.29, 0.717) is 36.0 Å². The zero-order chi connectivity index (χ0) is 22.0. The Morgan fingerprint density at radius 3 is 2.32 bits per heavy atom. The molecule has 0 amide bonds. The molecule has 3 aromatic rings. The highest BCUT2D eigenvalue weighted by Crippen LogP contribution is 2.33. The Kier molecular flexibility index (Phi) is 6.58. The first-order valence-electron chi connectivity index (χ1n) is 10.6. The molecule has 0 saturated carbocycles. The largest absolute Gasteiger partial charge is 0.385 e. The Morgan fingerprint density at radius 2 is 1.65 bits per heavy atom. The second kappa shape index (κ2) is 9.21. The predicted molar refractivity (Wildman–Crippen MR) is 127 cm³/mol. The minimum absolute atomic E-state index is 0.0343. The van der Waals surface area contributed by atoms with Crippen LogP contribution in [0, 0.1) is 0 Å². The minimum Gasteiger partial charge on any atom is -0.385 e. The molecule has 2 heterocycles. The van der Waals surface area contributed by atoms with Crippen LogP contribution in [-0.4, -0.2) is 38.8 Å². The standard InChI is InChI=1S/C24H27Cl2N3O2/c1-2-12-28-22-17-20(26)8-9-21(22)29(23(28)30)14-3-13-27-15-10-24(31,11-16-27)18-4-6-19(25)7-5-18/h2,4-9,17,31H,1,3,10-16H2. The number of hydrogen-bond donors (Lipinski definition) is 1. The molecule has 0 radical (unpaired) electrons. The number of halogens is 2. The zero-order valence-electron chi connectivity index (χ0n) is 17.4. The van der Waals surface area contributed by atoms with Crippen LogP contribution in [0.25, 0.3) is 11.0 Å². The number of nitrogens with zero attached hydrogens (tertiary/aromatic N) is 3. The average molecular weight is 460 g/mol. The molecule has 2 aromatic carbocycles. The number of piperidine rings is 1. The molecule has 5 nitrogen and oxygen atoms in total. The molecule has 0 spiro atoms. The summed E-state index contributed by atoms with van der Waals surface area (Å²) < 4.78 is 3.53. The Morgan fingerprint density at radius 1 is 0.968 bits per heavy atom. The van der Waals surface area contributed by atoms with Crippen molar-refractivity contribution in [3.8, 4) is 0 Å². The number of fused-ring (bicyclic) bond motifs is 1. The van der Waals surface area contributed by atoms with Crippen molar-refractivity contribution >= 4 is 34.2 Å². The predicted octanol–water partition coefficient (Wildman–Crippen LogP) is 4.67. The molecule has 4 rings (SSSR count). The molecule has 1 N–H and O–H groups in total. The first-order chi connectivity index (χ1) is 14.9. The van der Waals surface area contributed by atoms with Gasteiger partial charge in [0.2, 0.25) is 0 Å². The quantitative estimate of drug-likeness (QED) is 0.522. The molecule has 1 fully saturated rings. The fraction of sp³-hybridized carbons (Fsp3) is 0.375. The summed E-state index contributed by atoms with van der Waals surface area (Å²) in [4.78, 5) is 15.3. The molecular weight excluding hydrogens is 433 g/mol. The van der Waals surface area contributed by atoms with Crippen molar-refractivity contribution in [2.24, 2.45) is 0 Å². The first-order valence-corrected chi connectivity index (χ1v) is 11.4. The molecule has 0 atom stereocenters. The third-order valence-corrected chi connectivity index (χ3v) is 6.70. The molecule has 1 saturated heterocycles. The van der Waals surface area contributed by atoms with E-state index in [-0.39, 0.29) is 5.69 Å². The molecule has 0 aliphatic carbocycles. The van der Waals surface area contributed by atoms with Crippen LogP contribution >= 0.6 is 23.2 Å². The van der Waals surface area contributed by atoms with Crippen LogP contribution in [0.3, 0.4) is 0 Å². The Balaban J connectivity index is 1.39. The van der Waals surface area contributed by atoms with Crippen molar-refractivity contribution in [1.29, 1.82) is 0 Å². The molecular formula is C24H27Cl2N3O2. The van der Waals surface area contributed by atoms with E-state index in [4.69, 9.17) is 23.2 Å². The van der Waals surface area contributed by atoms with E-state index in [1.54, 1.807) is 10.6 Å². The van der Waals surface area contributed by atoms with Crippen molar-refractivity contribution in [3.05, 3.63) is 81.2 Å². The van der Waals surface area contributed by atoms with Crippen LogP contribution in [-0.2, 0) is 18.7 Å². The minimum atomic E-state index is -0.796. The highest BCUT2D eigenvalue weighted by molar-refractivity contribution is 6.31. The summed E-state index contributed by atoms with van der Waals surface area (Å²) in [6.07, 6.45) is 3.95. The molecule has 1 aliphatic heterocycles. The van der Waals surface area contributed by atoms with Gasteiger partial charge < -0.3 is 10.0 Å². The molecule has 31 heavy (non-hydrogen) atoms. The summed E-state index contributed by atoms with van der Waals surface area (Å²) in [6, 6.07) is 13.0. The first kappa shape index (κ1) is 22.2. The van der Waals surface area contributed by atoms with Crippen LogP contribution in [0.4, 0.5) is 0 Å². The fourth-order valence-electron chi connectivity index (χ4n) is 4.46. The lowest BCUT2D eigenvalue weighted by Gasteiger charge is -2.38. The van der Waals surface area contributed by atoms with Gasteiger partial charge >= 0.3 is 5.69 Å². The smallest absolute Gasteiger partial charge is 0.329 e. The Hall–Kier alpha value is -2.05. The number of aryl methyl sites for hydroxylation is 1. The Labute approximate surface area is 192 Å². The van der Waals surface area contributed by atoms with Crippen LogP contribution in [0.2, 0.25) is 10.0 Å². The van der Waals surface area contributed by atoms with Gasteiger partial charge in [0.05, 0.1) is 16.6 Å². The van der Waals surface area contributed by atoms with Crippen molar-refractivity contribution in [2.75, 3.05) is 19.6 Å². The molecule has 164 valence electrons. The van der Waals surface area contributed by atoms with Gasteiger partial charge in [-0.25, -0.2) is 4.79 Å². The van der Waals surface area contributed by atoms with Gasteiger partial charge in [-0.2, -0.15) is 0 Å². The summed E-state index contributed by atoms with van der Waals surface area (Å²) in [6.45, 7) is 7.38. The van der Waals surface area contributed by atoms with Crippen LogP contribution < -0.4 is 5.69 Å². The van der Waals surface area contributed by atoms with Gasteiger partial charge in [0.1, 0.15) is 0 Å². The summed E-state index contributed by atoms with van der Waals surface area (Å²) in [5.41, 5.74) is 1.83. The molecule has 1 aromatic heterocycles. The van der Waals surface area contributed by atoms with Crippen molar-refractivity contribution in [2.45, 2.75) is 38.0 Å². The van der Waals surface area contributed by atoms with E-state index >= 15 is 0 Å². The number of rotatable bonds is 7. The SMILES string of the molecule is C=CCn1c(=O)n(CCCN2CCC(O)(c3ccc(Cl)cc3)CC2)c2ccc(Cl)cc21. The highest BCUT2D eigenvalue weighted by atomic mass is 35.5. The van der Waals surface area contributed by atoms with Crippen molar-refractivity contribution < 1.29 is 5.11 Å². The van der Waals surface area contributed by atoms with Gasteiger partial charge in [-0.15, -0.1) is 6.58 Å². The zero-order valence-corrected chi connectivity index (χ0v) is 18.9. The monoisotopic (exact) mass is 459 g/mol. The molecule has 0 unspecified atom stereocenters. The van der Waals surface area contributed by atoms with Gasteiger partial charge in [0.15, 0.2) is 0 Å². The maximum atomic E-state index is 12.9. The van der Waals surface area contributed by atoms with E-state index in [2.05, 4.69) is 11.5 Å². The molecule has 7 heteroatoms. The maximum Gasteiger partial charge on any atom is 0.329 e. The number of aliphatic hydroxyl groups is 1. The lowest BCUT2D eigenvalue weighted by Crippen LogP contribution is -2.43. The maximum absolute atomic E-state index is 12.9. The third-order valence-electron chi connectivity index (χ3n) is 6.21. The number of allylic oxidation sites excluding steroid dienone is 1. The van der Waals surface area contributed by atoms with Gasteiger partial charge in [-0.1, -0.05) is 41.4 Å². The lowest BCUT2D eigenvalue weighted by atomic mass is 9.84. The van der Waals surface area contributed by atoms with Crippen molar-refractivity contribution in [3.63, 3.8) is 0 Å². The van der Waals surface area contributed by atoms with E-state index in [1.807, 2.05) is 47.0 Å². The third kappa shape index (κ3) is 4.60. The fourth-order valence-corrected chi connectivity index (χ4v) is 4.75. The summed E-state index contributed by atoms with van der Waals surface area (Å²) in [5, 5.41) is 12.3. The number of imidazole rings is 1. The second-order valence-corrected chi connectivity index (χ2v) is 9.07. The van der Waals surface area contributed by atoms with Crippen LogP contribution in [0.1, 0.15) is 24.8 Å². The number of likely N-dealkylation sites (tertiary alicyclic amines) is 1. The van der Waals surface area contributed by atoms with Gasteiger partial charge in [0.25, 0.3) is 0 Å². The van der Waals surface area contributed by atoms with E-state index in [9.17, 15) is 9.90 Å². The second-order valence-electron chi connectivity index (χ2n) is 8.20. The highest BCUT2D eigenvalue weighted by Gasteiger charge is 2.33. The molecule has 1 aliphatic rings. The summed E-state index contributed by atoms with van der Waals surface area (Å²) in [7, 11) is 0. The van der Waals surface area contributed by atoms with Crippen LogP contribution in [0.15, 0.2) is 59.9 Å². The summed E-state index contributed by atoms with van der Waals surface area (Å²) in [5.74, 6) is 0. The van der Waals surface area contributed by atoms with E-state index in [0.717, 1.165) is 42.7 Å². The van der Waals surface area contributed by atoms with E-state index in [1.165, 1.54) is 0 Å². The van der Waals surface area contributed by atoms with E-state index < -0.39 is 5.60 Å². The topological polar surface area (TPSA) is 50.4 Å². The van der Waals surface area contributed by atoms with Crippen LogP contribution in [0.5, 0.6) is 0 Å².